The van der Waals surface area contributed by atoms with Crippen LogP contribution in [0.25, 0.3) is 0 Å². The van der Waals surface area contributed by atoms with E-state index in [2.05, 4.69) is 9.88 Å². The highest BCUT2D eigenvalue weighted by Crippen LogP contribution is 2.49. The first-order valence-electron chi connectivity index (χ1n) is 6.56. The summed E-state index contributed by atoms with van der Waals surface area (Å²) in [5.41, 5.74) is 0.549. The second-order valence-corrected chi connectivity index (χ2v) is 5.54. The van der Waals surface area contributed by atoms with Crippen molar-refractivity contribution in [2.24, 2.45) is 11.3 Å². The molecule has 2 aliphatic rings. The van der Waals surface area contributed by atoms with Gasteiger partial charge in [-0.15, -0.1) is 0 Å². The molecule has 2 atom stereocenters. The molecule has 0 bridgehead atoms. The van der Waals surface area contributed by atoms with Crippen molar-refractivity contribution >= 4 is 5.97 Å². The third-order valence-corrected chi connectivity index (χ3v) is 4.48. The zero-order valence-electron chi connectivity index (χ0n) is 10.4. The van der Waals surface area contributed by atoms with Crippen LogP contribution in [0.1, 0.15) is 25.0 Å². The van der Waals surface area contributed by atoms with E-state index in [0.717, 1.165) is 38.0 Å². The van der Waals surface area contributed by atoms with Crippen molar-refractivity contribution in [1.29, 1.82) is 0 Å². The van der Waals surface area contributed by atoms with Crippen molar-refractivity contribution in [3.05, 3.63) is 30.1 Å². The van der Waals surface area contributed by atoms with Gasteiger partial charge in [-0.2, -0.15) is 0 Å². The quantitative estimate of drug-likeness (QED) is 0.883. The summed E-state index contributed by atoms with van der Waals surface area (Å²) in [7, 11) is 0. The molecule has 0 unspecified atom stereocenters. The molecule has 2 heterocycles. The molecule has 0 spiro atoms. The molecule has 3 rings (SSSR count). The van der Waals surface area contributed by atoms with Gasteiger partial charge in [-0.3, -0.25) is 14.7 Å². The SMILES string of the molecule is O=C(O)[C@@]12CCC[C@H]1CN(Cc1ccccn1)C2. The smallest absolute Gasteiger partial charge is 0.311 e. The maximum atomic E-state index is 11.6. The molecule has 0 aromatic carbocycles. The fraction of sp³-hybridized carbons (Fsp3) is 0.571. The summed E-state index contributed by atoms with van der Waals surface area (Å²) in [6, 6.07) is 5.88. The average molecular weight is 246 g/mol. The standard InChI is InChI=1S/C14H18N2O2/c17-13(18)14-6-3-4-11(14)8-16(10-14)9-12-5-1-2-7-15-12/h1-2,5,7,11H,3-4,6,8-10H2,(H,17,18)/t11-,14+/m0/s1. The van der Waals surface area contributed by atoms with Gasteiger partial charge in [-0.25, -0.2) is 0 Å². The predicted octanol–water partition coefficient (Wildman–Crippen LogP) is 1.77. The minimum atomic E-state index is -0.603. The number of rotatable bonds is 3. The van der Waals surface area contributed by atoms with Crippen LogP contribution >= 0.6 is 0 Å². The molecule has 0 radical (unpaired) electrons. The Hall–Kier alpha value is -1.42. The minimum Gasteiger partial charge on any atom is -0.481 e. The summed E-state index contributed by atoms with van der Waals surface area (Å²) in [5.74, 6) is -0.271. The second kappa shape index (κ2) is 4.35. The maximum Gasteiger partial charge on any atom is 0.311 e. The Morgan fingerprint density at radius 3 is 3.11 bits per heavy atom. The summed E-state index contributed by atoms with van der Waals surface area (Å²) in [6.45, 7) is 2.36. The molecular weight excluding hydrogens is 228 g/mol. The van der Waals surface area contributed by atoms with Crippen LogP contribution in [0.15, 0.2) is 24.4 Å². The number of carboxylic acid groups (broad SMARTS) is 1. The Labute approximate surface area is 107 Å². The van der Waals surface area contributed by atoms with Gasteiger partial charge in [0.2, 0.25) is 0 Å². The fourth-order valence-corrected chi connectivity index (χ4v) is 3.58. The third kappa shape index (κ3) is 1.81. The zero-order valence-corrected chi connectivity index (χ0v) is 10.4. The summed E-state index contributed by atoms with van der Waals surface area (Å²) in [6.07, 6.45) is 4.75. The molecule has 4 nitrogen and oxygen atoms in total. The largest absolute Gasteiger partial charge is 0.481 e. The van der Waals surface area contributed by atoms with Crippen molar-refractivity contribution in [3.8, 4) is 0 Å². The van der Waals surface area contributed by atoms with E-state index in [1.165, 1.54) is 0 Å². The first-order chi connectivity index (χ1) is 8.71. The normalized spacial score (nSPS) is 31.4. The highest BCUT2D eigenvalue weighted by Gasteiger charge is 2.54. The van der Waals surface area contributed by atoms with Gasteiger partial charge in [-0.1, -0.05) is 12.5 Å². The molecule has 2 fully saturated rings. The van der Waals surface area contributed by atoms with E-state index in [1.54, 1.807) is 6.20 Å². The molecule has 1 saturated heterocycles. The Kier molecular flexibility index (Phi) is 2.82. The maximum absolute atomic E-state index is 11.6. The predicted molar refractivity (Wildman–Crippen MR) is 66.9 cm³/mol. The van der Waals surface area contributed by atoms with E-state index in [9.17, 15) is 9.90 Å². The zero-order chi connectivity index (χ0) is 12.6. The Bertz CT molecular complexity index is 448. The van der Waals surface area contributed by atoms with E-state index in [4.69, 9.17) is 0 Å². The molecule has 1 aromatic rings. The summed E-state index contributed by atoms with van der Waals surface area (Å²) in [4.78, 5) is 18.1. The number of hydrogen-bond donors (Lipinski definition) is 1. The highest BCUT2D eigenvalue weighted by atomic mass is 16.4. The number of carbonyl (C=O) groups is 1. The molecule has 18 heavy (non-hydrogen) atoms. The lowest BCUT2D eigenvalue weighted by atomic mass is 9.81. The van der Waals surface area contributed by atoms with Crippen molar-refractivity contribution < 1.29 is 9.90 Å². The lowest BCUT2D eigenvalue weighted by molar-refractivity contribution is -0.149. The van der Waals surface area contributed by atoms with Crippen LogP contribution in [0.3, 0.4) is 0 Å². The first-order valence-corrected chi connectivity index (χ1v) is 6.56. The van der Waals surface area contributed by atoms with E-state index in [-0.39, 0.29) is 0 Å². The van der Waals surface area contributed by atoms with E-state index >= 15 is 0 Å². The van der Waals surface area contributed by atoms with Gasteiger partial charge in [-0.05, 0) is 30.9 Å². The number of nitrogens with zero attached hydrogens (tertiary/aromatic N) is 2. The number of hydrogen-bond acceptors (Lipinski definition) is 3. The topological polar surface area (TPSA) is 53.4 Å². The van der Waals surface area contributed by atoms with Gasteiger partial charge < -0.3 is 5.11 Å². The van der Waals surface area contributed by atoms with Gasteiger partial charge in [0.15, 0.2) is 0 Å². The number of pyridine rings is 1. The molecule has 1 saturated carbocycles. The second-order valence-electron chi connectivity index (χ2n) is 5.54. The number of fused-ring (bicyclic) bond motifs is 1. The van der Waals surface area contributed by atoms with Crippen LogP contribution in [0, 0.1) is 11.3 Å². The average Bonchev–Trinajstić information content (AvgIpc) is 2.87. The van der Waals surface area contributed by atoms with Crippen LogP contribution in [-0.4, -0.2) is 34.0 Å². The number of aromatic nitrogens is 1. The van der Waals surface area contributed by atoms with E-state index < -0.39 is 11.4 Å². The van der Waals surface area contributed by atoms with E-state index in [0.29, 0.717) is 12.5 Å². The van der Waals surface area contributed by atoms with Crippen LogP contribution in [-0.2, 0) is 11.3 Å². The van der Waals surface area contributed by atoms with Crippen LogP contribution in [0.2, 0.25) is 0 Å². The van der Waals surface area contributed by atoms with Gasteiger partial charge >= 0.3 is 5.97 Å². The number of aliphatic carboxylic acids is 1. The summed E-state index contributed by atoms with van der Waals surface area (Å²) >= 11 is 0. The highest BCUT2D eigenvalue weighted by molar-refractivity contribution is 5.76. The van der Waals surface area contributed by atoms with E-state index in [1.807, 2.05) is 18.2 Å². The monoisotopic (exact) mass is 246 g/mol. The lowest BCUT2D eigenvalue weighted by Gasteiger charge is -2.23. The van der Waals surface area contributed by atoms with Crippen molar-refractivity contribution in [2.45, 2.75) is 25.8 Å². The van der Waals surface area contributed by atoms with Gasteiger partial charge in [0.1, 0.15) is 0 Å². The fourth-order valence-electron chi connectivity index (χ4n) is 3.58. The van der Waals surface area contributed by atoms with Gasteiger partial charge in [0.05, 0.1) is 11.1 Å². The van der Waals surface area contributed by atoms with Gasteiger partial charge in [0.25, 0.3) is 0 Å². The summed E-state index contributed by atoms with van der Waals surface area (Å²) < 4.78 is 0. The van der Waals surface area contributed by atoms with Gasteiger partial charge in [0, 0.05) is 25.8 Å². The molecular formula is C14H18N2O2. The molecule has 1 aliphatic carbocycles. The number of carboxylic acids is 1. The summed E-state index contributed by atoms with van der Waals surface area (Å²) in [5, 5.41) is 9.52. The molecule has 0 amide bonds. The lowest BCUT2D eigenvalue weighted by Crippen LogP contribution is -2.35. The third-order valence-electron chi connectivity index (χ3n) is 4.48. The molecule has 1 N–H and O–H groups in total. The Morgan fingerprint density at radius 1 is 1.56 bits per heavy atom. The molecule has 96 valence electrons. The number of likely N-dealkylation sites (tertiary alicyclic amines) is 1. The van der Waals surface area contributed by atoms with Crippen LogP contribution in [0.5, 0.6) is 0 Å². The van der Waals surface area contributed by atoms with Crippen molar-refractivity contribution in [1.82, 2.24) is 9.88 Å². The first kappa shape index (κ1) is 11.7. The Morgan fingerprint density at radius 2 is 2.44 bits per heavy atom. The minimum absolute atomic E-state index is 0.332. The van der Waals surface area contributed by atoms with Crippen LogP contribution < -0.4 is 0 Å². The van der Waals surface area contributed by atoms with Crippen molar-refractivity contribution in [2.75, 3.05) is 13.1 Å². The van der Waals surface area contributed by atoms with Crippen LogP contribution in [0.4, 0.5) is 0 Å². The van der Waals surface area contributed by atoms with Crippen molar-refractivity contribution in [3.63, 3.8) is 0 Å². The molecule has 4 heteroatoms. The Balaban J connectivity index is 1.73. The molecule has 1 aliphatic heterocycles. The molecule has 1 aromatic heterocycles.